The van der Waals surface area contributed by atoms with Gasteiger partial charge in [-0.2, -0.15) is 6.57 Å². The van der Waals surface area contributed by atoms with Gasteiger partial charge in [-0.25, -0.2) is 9.59 Å². The molecule has 0 amide bonds. The topological polar surface area (TPSA) is 75.3 Å². The van der Waals surface area contributed by atoms with Crippen LogP contribution in [0.5, 0.6) is 0 Å². The Hall–Kier alpha value is 0.320. The lowest BCUT2D eigenvalue weighted by atomic mass is 10.4. The first-order valence-electron chi connectivity index (χ1n) is 8.18. The van der Waals surface area contributed by atoms with Crippen molar-refractivity contribution in [2.24, 2.45) is 0 Å². The van der Waals surface area contributed by atoms with E-state index in [-0.39, 0.29) is 45.3 Å². The molecule has 0 N–H and O–H groups in total. The van der Waals surface area contributed by atoms with Crippen molar-refractivity contribution in [1.82, 2.24) is 18.4 Å². The molecular weight excluding hydrogens is 778 g/mol. The van der Waals surface area contributed by atoms with Gasteiger partial charge in [0, 0.05) is 50.1 Å². The molecule has 0 aliphatic carbocycles. The Morgan fingerprint density at radius 1 is 0.759 bits per heavy atom. The molecule has 0 radical (unpaired) electrons. The highest BCUT2D eigenvalue weighted by Crippen LogP contribution is 2.17. The minimum Gasteiger partial charge on any atom is -0.284 e. The van der Waals surface area contributed by atoms with Crippen LogP contribution in [0.15, 0.2) is 14.4 Å². The van der Waals surface area contributed by atoms with Crippen molar-refractivity contribution >= 4 is 107 Å². The highest BCUT2D eigenvalue weighted by atomic mass is 79.9. The van der Waals surface area contributed by atoms with Gasteiger partial charge >= 0.3 is 16.9 Å². The normalized spacial score (nSPS) is 14.7. The van der Waals surface area contributed by atoms with Crippen LogP contribution < -0.4 is 16.9 Å². The van der Waals surface area contributed by atoms with E-state index in [1.807, 2.05) is 0 Å². The van der Waals surface area contributed by atoms with E-state index in [1.54, 1.807) is 0 Å². The average molecular weight is 793 g/mol. The van der Waals surface area contributed by atoms with Gasteiger partial charge in [0.05, 0.1) is 4.68 Å². The Kier molecular flexibility index (Phi) is 9.94. The third-order valence-electron chi connectivity index (χ3n) is 4.01. The largest absolute Gasteiger partial charge is 0.401 e. The number of alkyl halides is 6. The van der Waals surface area contributed by atoms with Crippen LogP contribution in [0, 0.1) is 6.57 Å². The second-order valence-corrected chi connectivity index (χ2v) is 11.9. The van der Waals surface area contributed by atoms with Crippen molar-refractivity contribution in [2.45, 2.75) is 34.1 Å². The van der Waals surface area contributed by atoms with Crippen molar-refractivity contribution in [3.05, 3.63) is 42.8 Å². The fourth-order valence-corrected chi connectivity index (χ4v) is 4.27. The minimum absolute atomic E-state index is 0.0412. The molecule has 2 aromatic rings. The molecule has 0 aromatic carbocycles. The van der Waals surface area contributed by atoms with Crippen LogP contribution in [0.4, 0.5) is 0 Å². The molecule has 14 heteroatoms. The second-order valence-electron chi connectivity index (χ2n) is 6.04. The molecule has 160 valence electrons. The first-order chi connectivity index (χ1) is 13.7. The van der Waals surface area contributed by atoms with Gasteiger partial charge < -0.3 is 0 Å². The van der Waals surface area contributed by atoms with Gasteiger partial charge in [0.25, 0.3) is 0 Å². The Morgan fingerprint density at radius 3 is 1.59 bits per heavy atom. The summed E-state index contributed by atoms with van der Waals surface area (Å²) in [6.07, 6.45) is 0. The lowest BCUT2D eigenvalue weighted by molar-refractivity contribution is 0.602. The van der Waals surface area contributed by atoms with Crippen LogP contribution in [0.25, 0.3) is 16.1 Å². The van der Waals surface area contributed by atoms with Crippen LogP contribution >= 0.6 is 95.6 Å². The highest BCUT2D eigenvalue weighted by Gasteiger charge is 2.28. The summed E-state index contributed by atoms with van der Waals surface area (Å²) in [5, 5.41) is 1.66. The van der Waals surface area contributed by atoms with E-state index in [4.69, 9.17) is 6.57 Å². The van der Waals surface area contributed by atoms with E-state index >= 15 is 0 Å². The summed E-state index contributed by atoms with van der Waals surface area (Å²) in [4.78, 5) is 41.9. The molecule has 0 aliphatic heterocycles. The summed E-state index contributed by atoms with van der Waals surface area (Å²) in [6, 6.07) is 0. The zero-order chi connectivity index (χ0) is 21.9. The standard InChI is InChI=1S/C15H15Br6N5O3/c1-22-26-13(27)11-12(25(15(26)29)7-10(21)4-18)24(6-9(20)3-17)14(28)23(11)5-8(19)2-16/h8-10H,2-7H2. The smallest absolute Gasteiger partial charge is 0.284 e. The van der Waals surface area contributed by atoms with Crippen LogP contribution in [-0.2, 0) is 19.6 Å². The van der Waals surface area contributed by atoms with Crippen molar-refractivity contribution in [3.8, 4) is 0 Å². The summed E-state index contributed by atoms with van der Waals surface area (Å²) < 4.78 is 4.55. The van der Waals surface area contributed by atoms with Crippen LogP contribution in [0.3, 0.4) is 0 Å². The quantitative estimate of drug-likeness (QED) is 0.290. The molecule has 3 atom stereocenters. The molecule has 29 heavy (non-hydrogen) atoms. The first kappa shape index (κ1) is 25.6. The highest BCUT2D eigenvalue weighted by molar-refractivity contribution is 9.12. The van der Waals surface area contributed by atoms with Gasteiger partial charge in [-0.15, -0.1) is 4.95 Å². The summed E-state index contributed by atoms with van der Waals surface area (Å²) in [6.45, 7) is 7.93. The third kappa shape index (κ3) is 5.39. The number of imidazole rings is 1. The van der Waals surface area contributed by atoms with Crippen LogP contribution in [0.1, 0.15) is 0 Å². The number of aromatic nitrogens is 4. The van der Waals surface area contributed by atoms with Gasteiger partial charge in [0.1, 0.15) is 0 Å². The number of halogens is 6. The van der Waals surface area contributed by atoms with E-state index in [2.05, 4.69) is 101 Å². The number of nitrogens with zero attached hydrogens (tertiary/aromatic N) is 5. The molecule has 8 nitrogen and oxygen atoms in total. The van der Waals surface area contributed by atoms with E-state index in [0.717, 1.165) is 0 Å². The van der Waals surface area contributed by atoms with Gasteiger partial charge in [0.15, 0.2) is 11.2 Å². The third-order valence-corrected chi connectivity index (χ3v) is 10.8. The maximum Gasteiger partial charge on any atom is 0.401 e. The second kappa shape index (κ2) is 11.3. The summed E-state index contributed by atoms with van der Waals surface area (Å²) in [5.74, 6) is 0. The van der Waals surface area contributed by atoms with E-state index < -0.39 is 16.9 Å². The predicted molar refractivity (Wildman–Crippen MR) is 136 cm³/mol. The Balaban J connectivity index is 3.02. The zero-order valence-corrected chi connectivity index (χ0v) is 24.2. The first-order valence-corrected chi connectivity index (χ1v) is 14.3. The molecular formula is C15H15Br6N5O3. The van der Waals surface area contributed by atoms with Crippen molar-refractivity contribution < 1.29 is 0 Å². The number of rotatable bonds is 9. The van der Waals surface area contributed by atoms with Crippen molar-refractivity contribution in [2.75, 3.05) is 16.0 Å². The average Bonchev–Trinajstić information content (AvgIpc) is 2.97. The summed E-state index contributed by atoms with van der Waals surface area (Å²) in [7, 11) is 0. The van der Waals surface area contributed by atoms with E-state index in [9.17, 15) is 14.4 Å². The molecule has 0 aliphatic rings. The van der Waals surface area contributed by atoms with Gasteiger partial charge in [0.2, 0.25) is 0 Å². The predicted octanol–water partition coefficient (Wildman–Crippen LogP) is 3.28. The SMILES string of the molecule is [C-]#[N+]n1c(=O)c2c(n(CC(Br)CBr)c1=O)n(CC(Br)CBr)c(=O)n2CC(Br)CBr. The molecule has 3 unspecified atom stereocenters. The fraction of sp³-hybridized carbons (Fsp3) is 0.600. The minimum atomic E-state index is -0.795. The molecule has 0 spiro atoms. The zero-order valence-electron chi connectivity index (χ0n) is 14.7. The van der Waals surface area contributed by atoms with Crippen molar-refractivity contribution in [1.29, 1.82) is 0 Å². The molecule has 0 bridgehead atoms. The molecule has 0 saturated heterocycles. The molecule has 0 saturated carbocycles. The fourth-order valence-electron chi connectivity index (χ4n) is 2.78. The van der Waals surface area contributed by atoms with E-state index in [1.165, 1.54) is 13.7 Å². The van der Waals surface area contributed by atoms with Gasteiger partial charge in [-0.05, 0) is 0 Å². The summed E-state index contributed by atoms with van der Waals surface area (Å²) in [5.41, 5.74) is -1.71. The Bertz CT molecular complexity index is 1100. The lowest BCUT2D eigenvalue weighted by Gasteiger charge is -2.13. The Labute approximate surface area is 216 Å². The monoisotopic (exact) mass is 787 g/mol. The number of hydrogen-bond acceptors (Lipinski definition) is 3. The molecule has 2 aromatic heterocycles. The van der Waals surface area contributed by atoms with E-state index in [0.29, 0.717) is 20.7 Å². The maximum absolute atomic E-state index is 13.3. The van der Waals surface area contributed by atoms with Crippen LogP contribution in [-0.4, -0.2) is 48.8 Å². The van der Waals surface area contributed by atoms with Crippen molar-refractivity contribution in [3.63, 3.8) is 0 Å². The lowest BCUT2D eigenvalue weighted by Crippen LogP contribution is -2.39. The number of fused-ring (bicyclic) bond motifs is 1. The molecule has 0 fully saturated rings. The Morgan fingerprint density at radius 2 is 1.17 bits per heavy atom. The molecule has 2 heterocycles. The van der Waals surface area contributed by atoms with Gasteiger partial charge in [-0.3, -0.25) is 18.5 Å². The maximum atomic E-state index is 13.3. The summed E-state index contributed by atoms with van der Waals surface area (Å²) >= 11 is 20.5. The number of hydrogen-bond donors (Lipinski definition) is 0. The molecule has 2 rings (SSSR count). The van der Waals surface area contributed by atoms with Gasteiger partial charge in [-0.1, -0.05) is 95.6 Å². The van der Waals surface area contributed by atoms with Crippen LogP contribution in [0.2, 0.25) is 0 Å².